The molecule has 0 spiro atoms. The molecule has 0 fully saturated rings. The summed E-state index contributed by atoms with van der Waals surface area (Å²) in [7, 11) is -6.96. The number of carbonyl (C=O) groups is 1. The fourth-order valence-corrected chi connectivity index (χ4v) is 8.77. The predicted molar refractivity (Wildman–Crippen MR) is 122 cm³/mol. The normalized spacial score (nSPS) is 15.9. The highest BCUT2D eigenvalue weighted by atomic mass is 35.5. The summed E-state index contributed by atoms with van der Waals surface area (Å²) in [5.41, 5.74) is 2.78. The van der Waals surface area contributed by atoms with Gasteiger partial charge in [0.05, 0.1) is 38.6 Å². The second-order valence-electron chi connectivity index (χ2n) is 6.51. The summed E-state index contributed by atoms with van der Waals surface area (Å²) in [5.74, 6) is -0.110. The molecule has 2 rings (SSSR count). The van der Waals surface area contributed by atoms with Crippen molar-refractivity contribution in [1.82, 2.24) is 5.43 Å². The SMILES string of the molecule is CCOP(=O)(OCC)C1(P(=O)(OCC)OCC)CC(C(=O)c2ccc(OC)c(Cl)c2)=NN1. The van der Waals surface area contributed by atoms with E-state index >= 15 is 0 Å². The van der Waals surface area contributed by atoms with E-state index in [0.717, 1.165) is 0 Å². The third kappa shape index (κ3) is 4.97. The van der Waals surface area contributed by atoms with Crippen molar-refractivity contribution in [1.29, 1.82) is 0 Å². The second-order valence-corrected chi connectivity index (χ2v) is 11.8. The van der Waals surface area contributed by atoms with Crippen molar-refractivity contribution < 1.29 is 36.8 Å². The molecule has 13 heteroatoms. The highest BCUT2D eigenvalue weighted by molar-refractivity contribution is 7.74. The molecular formula is C19H29ClN2O8P2. The Labute approximate surface area is 193 Å². The van der Waals surface area contributed by atoms with Crippen molar-refractivity contribution >= 4 is 38.3 Å². The van der Waals surface area contributed by atoms with Gasteiger partial charge < -0.3 is 22.8 Å². The molecule has 0 unspecified atom stereocenters. The fraction of sp³-hybridized carbons (Fsp3) is 0.579. The predicted octanol–water partition coefficient (Wildman–Crippen LogP) is 5.07. The zero-order valence-corrected chi connectivity index (χ0v) is 21.3. The van der Waals surface area contributed by atoms with Gasteiger partial charge in [-0.3, -0.25) is 19.4 Å². The van der Waals surface area contributed by atoms with Crippen LogP contribution in [0.5, 0.6) is 5.75 Å². The first-order valence-corrected chi connectivity index (χ1v) is 13.6. The third-order valence-electron chi connectivity index (χ3n) is 4.56. The number of methoxy groups -OCH3 is 1. The molecule has 1 aliphatic rings. The fourth-order valence-electron chi connectivity index (χ4n) is 3.22. The maximum absolute atomic E-state index is 13.9. The van der Waals surface area contributed by atoms with E-state index in [4.69, 9.17) is 34.4 Å². The van der Waals surface area contributed by atoms with Crippen molar-refractivity contribution in [2.45, 2.75) is 39.1 Å². The third-order valence-corrected chi connectivity index (χ3v) is 11.0. The second kappa shape index (κ2) is 11.3. The minimum absolute atomic E-state index is 0.00365. The van der Waals surface area contributed by atoms with Crippen LogP contribution in [-0.4, -0.2) is 50.1 Å². The van der Waals surface area contributed by atoms with Gasteiger partial charge in [-0.1, -0.05) is 11.6 Å². The Morgan fingerprint density at radius 2 is 1.53 bits per heavy atom. The van der Waals surface area contributed by atoms with Crippen LogP contribution in [0.3, 0.4) is 0 Å². The average molecular weight is 511 g/mol. The van der Waals surface area contributed by atoms with Gasteiger partial charge in [0.15, 0.2) is 0 Å². The summed E-state index contributed by atoms with van der Waals surface area (Å²) in [6.07, 6.45) is -0.371. The standard InChI is InChI=1S/C19H29ClN2O8P2/c1-6-27-31(24,28-7-2)19(32(25,29-8-3)30-9-4)13-16(21-22-19)18(23)14-10-11-17(26-5)15(20)12-14/h10-12,22H,6-9,13H2,1-5H3. The Kier molecular flexibility index (Phi) is 9.49. The first-order valence-electron chi connectivity index (χ1n) is 10.2. The van der Waals surface area contributed by atoms with Crippen LogP contribution in [0.25, 0.3) is 0 Å². The van der Waals surface area contributed by atoms with Gasteiger partial charge in [-0.05, 0) is 45.9 Å². The average Bonchev–Trinajstić information content (AvgIpc) is 3.22. The topological polar surface area (TPSA) is 122 Å². The van der Waals surface area contributed by atoms with Crippen LogP contribution in [0, 0.1) is 0 Å². The molecule has 1 aromatic rings. The van der Waals surface area contributed by atoms with Crippen LogP contribution >= 0.6 is 26.8 Å². The van der Waals surface area contributed by atoms with Gasteiger partial charge in [0.2, 0.25) is 5.78 Å². The number of nitrogens with one attached hydrogen (secondary N) is 1. The van der Waals surface area contributed by atoms with Gasteiger partial charge >= 0.3 is 15.2 Å². The number of nitrogens with zero attached hydrogens (tertiary/aromatic N) is 1. The number of rotatable bonds is 13. The number of hydrogen-bond donors (Lipinski definition) is 1. The number of ketones is 1. The number of Topliss-reactive ketones (excluding diaryl/α,β-unsaturated/α-hetero) is 1. The summed E-state index contributed by atoms with van der Waals surface area (Å²) in [6, 6.07) is 4.49. The first-order chi connectivity index (χ1) is 15.2. The van der Waals surface area contributed by atoms with Crippen LogP contribution in [0.4, 0.5) is 0 Å². The maximum atomic E-state index is 13.9. The number of ether oxygens (including phenoxy) is 1. The minimum atomic E-state index is -4.21. The molecular weight excluding hydrogens is 482 g/mol. The van der Waals surface area contributed by atoms with Gasteiger partial charge in [0.25, 0.3) is 5.02 Å². The molecule has 0 bridgehead atoms. The zero-order valence-electron chi connectivity index (χ0n) is 18.8. The lowest BCUT2D eigenvalue weighted by Crippen LogP contribution is -2.42. The summed E-state index contributed by atoms with van der Waals surface area (Å²) < 4.78 is 54.9. The van der Waals surface area contributed by atoms with Crippen LogP contribution in [0.15, 0.2) is 23.3 Å². The highest BCUT2D eigenvalue weighted by Crippen LogP contribution is 2.78. The molecule has 0 radical (unpaired) electrons. The Bertz CT molecular complexity index is 905. The van der Waals surface area contributed by atoms with E-state index in [0.29, 0.717) is 5.75 Å². The Morgan fingerprint density at radius 3 is 1.94 bits per heavy atom. The van der Waals surface area contributed by atoms with E-state index in [1.807, 2.05) is 0 Å². The van der Waals surface area contributed by atoms with E-state index in [-0.39, 0.29) is 49.1 Å². The smallest absolute Gasteiger partial charge is 0.370 e. The van der Waals surface area contributed by atoms with E-state index in [1.54, 1.807) is 33.8 Å². The molecule has 0 amide bonds. The van der Waals surface area contributed by atoms with Crippen molar-refractivity contribution in [3.05, 3.63) is 28.8 Å². The molecule has 1 aromatic carbocycles. The van der Waals surface area contributed by atoms with E-state index in [2.05, 4.69) is 10.5 Å². The van der Waals surface area contributed by atoms with Crippen LogP contribution in [0.2, 0.25) is 5.02 Å². The zero-order chi connectivity index (χ0) is 24.0. The molecule has 180 valence electrons. The lowest BCUT2D eigenvalue weighted by Gasteiger charge is -2.38. The highest BCUT2D eigenvalue weighted by Gasteiger charge is 2.68. The Hall–Kier alpha value is -1.25. The molecule has 0 aromatic heterocycles. The molecule has 1 N–H and O–H groups in total. The minimum Gasteiger partial charge on any atom is -0.495 e. The molecule has 0 atom stereocenters. The van der Waals surface area contributed by atoms with Crippen molar-refractivity contribution in [3.63, 3.8) is 0 Å². The summed E-state index contributed by atoms with van der Waals surface area (Å²) >= 11 is 6.14. The summed E-state index contributed by atoms with van der Waals surface area (Å²) in [6.45, 7) is 6.46. The molecule has 0 saturated heterocycles. The van der Waals surface area contributed by atoms with E-state index in [9.17, 15) is 13.9 Å². The summed E-state index contributed by atoms with van der Waals surface area (Å²) in [5, 5.41) is 2.28. The quantitative estimate of drug-likeness (QED) is 0.286. The van der Waals surface area contributed by atoms with Gasteiger partial charge in [-0.15, -0.1) is 0 Å². The largest absolute Gasteiger partial charge is 0.495 e. The lowest BCUT2D eigenvalue weighted by molar-refractivity contribution is 0.106. The first kappa shape index (κ1) is 27.0. The summed E-state index contributed by atoms with van der Waals surface area (Å²) in [4.78, 5) is 13.2. The van der Waals surface area contributed by atoms with E-state index in [1.165, 1.54) is 19.2 Å². The molecule has 0 saturated carbocycles. The van der Waals surface area contributed by atoms with Crippen LogP contribution < -0.4 is 10.2 Å². The molecule has 32 heavy (non-hydrogen) atoms. The van der Waals surface area contributed by atoms with Crippen molar-refractivity contribution in [3.8, 4) is 5.75 Å². The molecule has 0 aliphatic carbocycles. The number of hydrogen-bond acceptors (Lipinski definition) is 10. The maximum Gasteiger partial charge on any atom is 0.370 e. The Balaban J connectivity index is 2.54. The lowest BCUT2D eigenvalue weighted by atomic mass is 10.0. The van der Waals surface area contributed by atoms with Gasteiger partial charge in [-0.25, -0.2) is 0 Å². The van der Waals surface area contributed by atoms with Crippen LogP contribution in [-0.2, 0) is 27.2 Å². The molecule has 1 aliphatic heterocycles. The number of benzene rings is 1. The van der Waals surface area contributed by atoms with Gasteiger partial charge in [0.1, 0.15) is 11.5 Å². The number of carbonyl (C=O) groups excluding carboxylic acids is 1. The number of hydrazone groups is 1. The van der Waals surface area contributed by atoms with E-state index < -0.39 is 26.0 Å². The molecule has 10 nitrogen and oxygen atoms in total. The Morgan fingerprint density at radius 1 is 1.03 bits per heavy atom. The van der Waals surface area contributed by atoms with Crippen molar-refractivity contribution in [2.24, 2.45) is 5.10 Å². The van der Waals surface area contributed by atoms with Crippen LogP contribution in [0.1, 0.15) is 44.5 Å². The van der Waals surface area contributed by atoms with Gasteiger partial charge in [-0.2, -0.15) is 5.10 Å². The monoisotopic (exact) mass is 510 g/mol. The number of halogens is 1. The molecule has 1 heterocycles. The van der Waals surface area contributed by atoms with Gasteiger partial charge in [0, 0.05) is 12.0 Å². The van der Waals surface area contributed by atoms with Crippen molar-refractivity contribution in [2.75, 3.05) is 33.5 Å².